The molecule has 0 bridgehead atoms. The first-order chi connectivity index (χ1) is 12.5. The van der Waals surface area contributed by atoms with Crippen LogP contribution in [-0.2, 0) is 4.74 Å². The number of hydrogen-bond donors (Lipinski definition) is 2. The van der Waals surface area contributed by atoms with Crippen LogP contribution in [0.2, 0.25) is 0 Å². The van der Waals surface area contributed by atoms with Gasteiger partial charge in [-0.2, -0.15) is 0 Å². The van der Waals surface area contributed by atoms with E-state index in [9.17, 15) is 5.11 Å². The lowest BCUT2D eigenvalue weighted by Crippen LogP contribution is -2.51. The number of rotatable bonds is 2. The lowest BCUT2D eigenvalue weighted by molar-refractivity contribution is -0.106. The molecular formula is C23H36O3. The molecule has 3 nitrogen and oxygen atoms in total. The largest absolute Gasteiger partial charge is 0.395 e. The third kappa shape index (κ3) is 3.03. The van der Waals surface area contributed by atoms with Gasteiger partial charge in [-0.25, -0.2) is 0 Å². The van der Waals surface area contributed by atoms with E-state index < -0.39 is 5.60 Å². The van der Waals surface area contributed by atoms with Crippen molar-refractivity contribution in [2.75, 3.05) is 13.7 Å². The summed E-state index contributed by atoms with van der Waals surface area (Å²) in [4.78, 5) is 0. The number of aliphatic hydroxyl groups is 2. The van der Waals surface area contributed by atoms with Gasteiger partial charge >= 0.3 is 0 Å². The van der Waals surface area contributed by atoms with Crippen LogP contribution in [0.5, 0.6) is 0 Å². The molecule has 0 aromatic carbocycles. The van der Waals surface area contributed by atoms with Crippen molar-refractivity contribution < 1.29 is 14.9 Å². The standard InChI is InChI=1S/C23H36O3/c1-22-12-9-18-17-10-13-23(25,11-3-4-14-24)15-16(17)5-6-19(18)20(22)7-8-21(22)26-2/h16-21,24-25H,4-10,12-15H2,1-2H3/t16-,17+,18-,19-,20+,21+,22+,23-/m1/s1. The zero-order chi connectivity index (χ0) is 18.4. The summed E-state index contributed by atoms with van der Waals surface area (Å²) in [5, 5.41) is 19.9. The Kier molecular flexibility index (Phi) is 5.14. The van der Waals surface area contributed by atoms with E-state index in [0.29, 0.717) is 23.9 Å². The minimum absolute atomic E-state index is 0.0848. The predicted molar refractivity (Wildman–Crippen MR) is 102 cm³/mol. The van der Waals surface area contributed by atoms with Gasteiger partial charge in [0, 0.05) is 13.5 Å². The molecule has 26 heavy (non-hydrogen) atoms. The molecule has 0 aromatic heterocycles. The van der Waals surface area contributed by atoms with Crippen LogP contribution in [0.1, 0.15) is 71.1 Å². The van der Waals surface area contributed by atoms with Crippen LogP contribution in [0, 0.1) is 46.8 Å². The molecule has 3 heteroatoms. The van der Waals surface area contributed by atoms with Crippen molar-refractivity contribution in [3.05, 3.63) is 0 Å². The Labute approximate surface area is 158 Å². The quantitative estimate of drug-likeness (QED) is 0.737. The van der Waals surface area contributed by atoms with Crippen LogP contribution in [0.25, 0.3) is 0 Å². The van der Waals surface area contributed by atoms with Crippen molar-refractivity contribution in [2.45, 2.75) is 82.8 Å². The molecule has 0 spiro atoms. The molecule has 8 atom stereocenters. The number of fused-ring (bicyclic) bond motifs is 5. The summed E-state index contributed by atoms with van der Waals surface area (Å²) in [6, 6.07) is 0. The van der Waals surface area contributed by atoms with Crippen molar-refractivity contribution >= 4 is 0 Å². The van der Waals surface area contributed by atoms with Gasteiger partial charge in [0.25, 0.3) is 0 Å². The summed E-state index contributed by atoms with van der Waals surface area (Å²) in [6.07, 6.45) is 11.6. The van der Waals surface area contributed by atoms with E-state index in [2.05, 4.69) is 18.8 Å². The van der Waals surface area contributed by atoms with E-state index in [1.54, 1.807) is 0 Å². The number of ether oxygens (including phenoxy) is 1. The van der Waals surface area contributed by atoms with Crippen LogP contribution >= 0.6 is 0 Å². The average Bonchev–Trinajstić information content (AvgIpc) is 2.97. The summed E-state index contributed by atoms with van der Waals surface area (Å²) in [6.45, 7) is 2.58. The lowest BCUT2D eigenvalue weighted by Gasteiger charge is -2.56. The van der Waals surface area contributed by atoms with Gasteiger partial charge in [0.2, 0.25) is 0 Å². The second-order valence-electron chi connectivity index (χ2n) is 9.83. The second kappa shape index (κ2) is 7.12. The molecule has 4 aliphatic rings. The first kappa shape index (κ1) is 18.8. The number of aliphatic hydroxyl groups excluding tert-OH is 1. The molecule has 4 rings (SSSR count). The molecule has 0 heterocycles. The molecule has 0 aromatic rings. The zero-order valence-electron chi connectivity index (χ0n) is 16.5. The van der Waals surface area contributed by atoms with Gasteiger partial charge in [0.05, 0.1) is 12.7 Å². The minimum Gasteiger partial charge on any atom is -0.395 e. The van der Waals surface area contributed by atoms with Crippen LogP contribution in [0.15, 0.2) is 0 Å². The maximum atomic E-state index is 10.9. The van der Waals surface area contributed by atoms with Crippen LogP contribution in [-0.4, -0.2) is 35.6 Å². The zero-order valence-corrected chi connectivity index (χ0v) is 16.5. The van der Waals surface area contributed by atoms with E-state index in [1.165, 1.54) is 38.5 Å². The number of hydrogen-bond acceptors (Lipinski definition) is 3. The fraction of sp³-hybridized carbons (Fsp3) is 0.913. The van der Waals surface area contributed by atoms with Crippen molar-refractivity contribution in [3.63, 3.8) is 0 Å². The van der Waals surface area contributed by atoms with Gasteiger partial charge in [0.1, 0.15) is 5.60 Å². The normalized spacial score (nSPS) is 50.2. The van der Waals surface area contributed by atoms with E-state index in [-0.39, 0.29) is 6.61 Å². The molecule has 146 valence electrons. The molecule has 0 aliphatic heterocycles. The van der Waals surface area contributed by atoms with Crippen LogP contribution < -0.4 is 0 Å². The summed E-state index contributed by atoms with van der Waals surface area (Å²) >= 11 is 0. The van der Waals surface area contributed by atoms with Crippen LogP contribution in [0.3, 0.4) is 0 Å². The SMILES string of the molecule is CO[C@H]1CC[C@H]2[C@@H]3CC[C@@H]4C[C@@](O)(C#CCCO)CC[C@@H]4[C@H]3CC[C@]12C. The maximum Gasteiger partial charge on any atom is 0.125 e. The smallest absolute Gasteiger partial charge is 0.125 e. The Morgan fingerprint density at radius 3 is 2.58 bits per heavy atom. The summed E-state index contributed by atoms with van der Waals surface area (Å²) in [7, 11) is 1.90. The second-order valence-corrected chi connectivity index (χ2v) is 9.83. The monoisotopic (exact) mass is 360 g/mol. The Hall–Kier alpha value is -0.560. The molecule has 4 saturated carbocycles. The van der Waals surface area contributed by atoms with Gasteiger partial charge in [-0.05, 0) is 92.8 Å². The molecular weight excluding hydrogens is 324 g/mol. The van der Waals surface area contributed by atoms with Gasteiger partial charge in [-0.1, -0.05) is 18.8 Å². The van der Waals surface area contributed by atoms with Crippen molar-refractivity contribution in [2.24, 2.45) is 35.0 Å². The number of methoxy groups -OCH3 is 1. The third-order valence-electron chi connectivity index (χ3n) is 8.77. The Morgan fingerprint density at radius 1 is 1.00 bits per heavy atom. The average molecular weight is 361 g/mol. The fourth-order valence-corrected chi connectivity index (χ4v) is 7.61. The lowest BCUT2D eigenvalue weighted by atomic mass is 9.49. The topological polar surface area (TPSA) is 49.7 Å². The van der Waals surface area contributed by atoms with Crippen molar-refractivity contribution in [1.82, 2.24) is 0 Å². The molecule has 0 radical (unpaired) electrons. The first-order valence-electron chi connectivity index (χ1n) is 10.9. The molecule has 4 aliphatic carbocycles. The van der Waals surface area contributed by atoms with E-state index >= 15 is 0 Å². The molecule has 0 amide bonds. The van der Waals surface area contributed by atoms with Gasteiger partial charge in [-0.3, -0.25) is 0 Å². The highest BCUT2D eigenvalue weighted by atomic mass is 16.5. The van der Waals surface area contributed by atoms with Gasteiger partial charge in [0.15, 0.2) is 0 Å². The minimum atomic E-state index is -0.805. The Morgan fingerprint density at radius 2 is 1.81 bits per heavy atom. The van der Waals surface area contributed by atoms with E-state index in [0.717, 1.165) is 42.9 Å². The van der Waals surface area contributed by atoms with Gasteiger partial charge in [-0.15, -0.1) is 0 Å². The highest BCUT2D eigenvalue weighted by molar-refractivity contribution is 5.17. The summed E-state index contributed by atoms with van der Waals surface area (Å²) in [5.41, 5.74) is -0.408. The summed E-state index contributed by atoms with van der Waals surface area (Å²) < 4.78 is 5.88. The van der Waals surface area contributed by atoms with Crippen LogP contribution in [0.4, 0.5) is 0 Å². The van der Waals surface area contributed by atoms with Gasteiger partial charge < -0.3 is 14.9 Å². The molecule has 0 unspecified atom stereocenters. The van der Waals surface area contributed by atoms with E-state index in [1.807, 2.05) is 7.11 Å². The molecule has 2 N–H and O–H groups in total. The van der Waals surface area contributed by atoms with E-state index in [4.69, 9.17) is 9.84 Å². The molecule has 4 fully saturated rings. The Bertz CT molecular complexity index is 578. The molecule has 0 saturated heterocycles. The fourth-order valence-electron chi connectivity index (χ4n) is 7.61. The predicted octanol–water partition coefficient (Wildman–Crippen LogP) is 3.77. The maximum absolute atomic E-state index is 10.9. The highest BCUT2D eigenvalue weighted by Gasteiger charge is 2.57. The first-order valence-corrected chi connectivity index (χ1v) is 10.9. The Balaban J connectivity index is 1.47. The highest BCUT2D eigenvalue weighted by Crippen LogP contribution is 2.63. The van der Waals surface area contributed by atoms with Crippen molar-refractivity contribution in [3.8, 4) is 11.8 Å². The van der Waals surface area contributed by atoms with Crippen molar-refractivity contribution in [1.29, 1.82) is 0 Å². The third-order valence-corrected chi connectivity index (χ3v) is 8.77. The summed E-state index contributed by atoms with van der Waals surface area (Å²) in [5.74, 6) is 10.1.